The summed E-state index contributed by atoms with van der Waals surface area (Å²) < 4.78 is 34.9. The van der Waals surface area contributed by atoms with Crippen molar-refractivity contribution in [2.45, 2.75) is 12.8 Å². The van der Waals surface area contributed by atoms with Crippen LogP contribution in [0, 0.1) is 5.92 Å². The van der Waals surface area contributed by atoms with Crippen LogP contribution in [0.15, 0.2) is 16.6 Å². The van der Waals surface area contributed by atoms with Crippen molar-refractivity contribution in [3.63, 3.8) is 0 Å². The molecule has 2 aliphatic heterocycles. The first-order valence-corrected chi connectivity index (χ1v) is 9.41. The van der Waals surface area contributed by atoms with Crippen LogP contribution >= 0.6 is 15.9 Å². The van der Waals surface area contributed by atoms with E-state index in [2.05, 4.69) is 15.9 Å². The lowest BCUT2D eigenvalue weighted by molar-refractivity contribution is 0.0932. The highest BCUT2D eigenvalue weighted by Gasteiger charge is 2.34. The molecule has 1 unspecified atom stereocenters. The molecule has 0 amide bonds. The molecule has 0 N–H and O–H groups in total. The Bertz CT molecular complexity index is 683. The molecule has 0 radical (unpaired) electrons. The molecule has 1 aromatic rings. The molecule has 3 rings (SSSR count). The van der Waals surface area contributed by atoms with Crippen LogP contribution in [0.5, 0.6) is 11.5 Å². The number of benzene rings is 1. The van der Waals surface area contributed by atoms with Gasteiger partial charge in [-0.1, -0.05) is 0 Å². The van der Waals surface area contributed by atoms with Crippen LogP contribution in [-0.2, 0) is 9.84 Å². The first kappa shape index (κ1) is 14.8. The number of sulfone groups is 1. The van der Waals surface area contributed by atoms with E-state index in [9.17, 15) is 13.2 Å². The van der Waals surface area contributed by atoms with E-state index >= 15 is 0 Å². The molecule has 0 spiro atoms. The molecule has 7 heteroatoms. The number of rotatable bonds is 2. The van der Waals surface area contributed by atoms with Crippen molar-refractivity contribution < 1.29 is 22.7 Å². The SMILES string of the molecule is O=C(c1cc(Br)c2c(c1)OCCCO2)C1CCS(=O)(=O)C1. The highest BCUT2D eigenvalue weighted by molar-refractivity contribution is 9.10. The van der Waals surface area contributed by atoms with E-state index < -0.39 is 15.8 Å². The van der Waals surface area contributed by atoms with E-state index in [0.29, 0.717) is 41.2 Å². The summed E-state index contributed by atoms with van der Waals surface area (Å²) in [5.74, 6) is 0.570. The van der Waals surface area contributed by atoms with Gasteiger partial charge in [-0.3, -0.25) is 4.79 Å². The molecule has 0 bridgehead atoms. The number of ketones is 1. The van der Waals surface area contributed by atoms with Gasteiger partial charge in [0.05, 0.1) is 29.2 Å². The van der Waals surface area contributed by atoms with Gasteiger partial charge in [0, 0.05) is 17.9 Å². The molecule has 1 fully saturated rings. The summed E-state index contributed by atoms with van der Waals surface area (Å²) in [6, 6.07) is 3.33. The molecule has 5 nitrogen and oxygen atoms in total. The number of carbonyl (C=O) groups is 1. The summed E-state index contributed by atoms with van der Waals surface area (Å²) in [7, 11) is -3.07. The zero-order chi connectivity index (χ0) is 15.0. The van der Waals surface area contributed by atoms with Crippen LogP contribution in [0.1, 0.15) is 23.2 Å². The molecule has 1 aromatic carbocycles. The molecule has 1 saturated heterocycles. The highest BCUT2D eigenvalue weighted by atomic mass is 79.9. The van der Waals surface area contributed by atoms with E-state index in [4.69, 9.17) is 9.47 Å². The van der Waals surface area contributed by atoms with Crippen molar-refractivity contribution in [1.29, 1.82) is 0 Å². The monoisotopic (exact) mass is 374 g/mol. The van der Waals surface area contributed by atoms with E-state index in [-0.39, 0.29) is 17.3 Å². The van der Waals surface area contributed by atoms with Gasteiger partial charge >= 0.3 is 0 Å². The average molecular weight is 375 g/mol. The van der Waals surface area contributed by atoms with Gasteiger partial charge < -0.3 is 9.47 Å². The van der Waals surface area contributed by atoms with Crippen LogP contribution in [0.3, 0.4) is 0 Å². The molecule has 0 aliphatic carbocycles. The number of hydrogen-bond donors (Lipinski definition) is 0. The normalized spacial score (nSPS) is 23.6. The van der Waals surface area contributed by atoms with E-state index in [1.165, 1.54) is 0 Å². The third-order valence-electron chi connectivity index (χ3n) is 3.69. The van der Waals surface area contributed by atoms with Crippen LogP contribution in [0.25, 0.3) is 0 Å². The predicted octanol–water partition coefficient (Wildman–Crippen LogP) is 2.23. The first-order valence-electron chi connectivity index (χ1n) is 6.80. The van der Waals surface area contributed by atoms with Crippen molar-refractivity contribution in [1.82, 2.24) is 0 Å². The van der Waals surface area contributed by atoms with Gasteiger partial charge in [-0.05, 0) is 34.5 Å². The Labute approximate surface area is 131 Å². The topological polar surface area (TPSA) is 69.7 Å². The lowest BCUT2D eigenvalue weighted by Crippen LogP contribution is -2.16. The molecule has 114 valence electrons. The van der Waals surface area contributed by atoms with Gasteiger partial charge in [0.1, 0.15) is 0 Å². The van der Waals surface area contributed by atoms with Crippen LogP contribution in [-0.4, -0.2) is 38.9 Å². The molecular weight excluding hydrogens is 360 g/mol. The standard InChI is InChI=1S/C14H15BrO5S/c15-11-6-10(7-12-14(11)20-4-1-3-19-12)13(16)9-2-5-21(17,18)8-9/h6-7,9H,1-5,8H2. The van der Waals surface area contributed by atoms with E-state index in [1.807, 2.05) is 0 Å². The lowest BCUT2D eigenvalue weighted by Gasteiger charge is -2.13. The zero-order valence-electron chi connectivity index (χ0n) is 11.3. The Balaban J connectivity index is 1.91. The second-order valence-electron chi connectivity index (χ2n) is 5.30. The number of carbonyl (C=O) groups excluding carboxylic acids is 1. The maximum atomic E-state index is 12.5. The van der Waals surface area contributed by atoms with Gasteiger partial charge in [0.25, 0.3) is 0 Å². The highest BCUT2D eigenvalue weighted by Crippen LogP contribution is 2.39. The summed E-state index contributed by atoms with van der Waals surface area (Å²) >= 11 is 3.39. The smallest absolute Gasteiger partial charge is 0.175 e. The fourth-order valence-electron chi connectivity index (χ4n) is 2.61. The molecule has 1 atom stereocenters. The molecular formula is C14H15BrO5S. The minimum absolute atomic E-state index is 0.0576. The average Bonchev–Trinajstić information content (AvgIpc) is 2.65. The summed E-state index contributed by atoms with van der Waals surface area (Å²) in [6.45, 7) is 1.11. The summed E-state index contributed by atoms with van der Waals surface area (Å²) in [4.78, 5) is 12.5. The molecule has 2 heterocycles. The predicted molar refractivity (Wildman–Crippen MR) is 80.8 cm³/mol. The van der Waals surface area contributed by atoms with Gasteiger partial charge in [-0.2, -0.15) is 0 Å². The largest absolute Gasteiger partial charge is 0.489 e. The van der Waals surface area contributed by atoms with Crippen LogP contribution in [0.2, 0.25) is 0 Å². The summed E-state index contributed by atoms with van der Waals surface area (Å²) in [5.41, 5.74) is 0.466. The van der Waals surface area contributed by atoms with Gasteiger partial charge in [-0.15, -0.1) is 0 Å². The molecule has 2 aliphatic rings. The van der Waals surface area contributed by atoms with Crippen molar-refractivity contribution in [3.05, 3.63) is 22.2 Å². The Kier molecular flexibility index (Phi) is 3.96. The molecule has 0 aromatic heterocycles. The van der Waals surface area contributed by atoms with Crippen LogP contribution < -0.4 is 9.47 Å². The zero-order valence-corrected chi connectivity index (χ0v) is 13.7. The van der Waals surface area contributed by atoms with Crippen molar-refractivity contribution in [3.8, 4) is 11.5 Å². The Morgan fingerprint density at radius 2 is 2.00 bits per heavy atom. The minimum Gasteiger partial charge on any atom is -0.489 e. The third-order valence-corrected chi connectivity index (χ3v) is 6.05. The van der Waals surface area contributed by atoms with Gasteiger partial charge in [-0.25, -0.2) is 8.42 Å². The first-order chi connectivity index (χ1) is 9.96. The number of hydrogen-bond acceptors (Lipinski definition) is 5. The maximum Gasteiger partial charge on any atom is 0.175 e. The fraction of sp³-hybridized carbons (Fsp3) is 0.500. The fourth-order valence-corrected chi connectivity index (χ4v) is 4.91. The van der Waals surface area contributed by atoms with Crippen molar-refractivity contribution >= 4 is 31.6 Å². The number of ether oxygens (including phenoxy) is 2. The Hall–Kier alpha value is -1.08. The second-order valence-corrected chi connectivity index (χ2v) is 8.38. The van der Waals surface area contributed by atoms with Crippen LogP contribution in [0.4, 0.5) is 0 Å². The van der Waals surface area contributed by atoms with Crippen molar-refractivity contribution in [2.75, 3.05) is 24.7 Å². The number of Topliss-reactive ketones (excluding diaryl/α,β-unsaturated/α-hetero) is 1. The van der Waals surface area contributed by atoms with Gasteiger partial charge in [0.2, 0.25) is 0 Å². The quantitative estimate of drug-likeness (QED) is 0.742. The number of halogens is 1. The van der Waals surface area contributed by atoms with E-state index in [0.717, 1.165) is 6.42 Å². The van der Waals surface area contributed by atoms with E-state index in [1.54, 1.807) is 12.1 Å². The van der Waals surface area contributed by atoms with Crippen molar-refractivity contribution in [2.24, 2.45) is 5.92 Å². The Morgan fingerprint density at radius 3 is 2.71 bits per heavy atom. The molecule has 21 heavy (non-hydrogen) atoms. The number of fused-ring (bicyclic) bond motifs is 1. The minimum atomic E-state index is -3.07. The maximum absolute atomic E-state index is 12.5. The summed E-state index contributed by atoms with van der Waals surface area (Å²) in [6.07, 6.45) is 1.18. The summed E-state index contributed by atoms with van der Waals surface area (Å²) in [5, 5.41) is 0. The van der Waals surface area contributed by atoms with Gasteiger partial charge in [0.15, 0.2) is 27.1 Å². The Morgan fingerprint density at radius 1 is 1.24 bits per heavy atom. The lowest BCUT2D eigenvalue weighted by atomic mass is 9.97. The second kappa shape index (κ2) is 5.61. The molecule has 0 saturated carbocycles. The third kappa shape index (κ3) is 3.08.